The average Bonchev–Trinajstić information content (AvgIpc) is 3.48. The van der Waals surface area contributed by atoms with E-state index >= 15 is 0 Å². The lowest BCUT2D eigenvalue weighted by Crippen LogP contribution is -2.33. The highest BCUT2D eigenvalue weighted by molar-refractivity contribution is 6.02. The van der Waals surface area contributed by atoms with Crippen molar-refractivity contribution >= 4 is 41.1 Å². The first-order chi connectivity index (χ1) is 15.4. The van der Waals surface area contributed by atoms with Crippen LogP contribution in [0.5, 0.6) is 0 Å². The molecule has 4 rings (SSSR count). The fourth-order valence-electron chi connectivity index (χ4n) is 3.51. The summed E-state index contributed by atoms with van der Waals surface area (Å²) in [6.07, 6.45) is 9.79. The molecule has 2 aliphatic rings. The number of anilines is 2. The molecular formula is C21H25N7O4. The quantitative estimate of drug-likeness (QED) is 0.451. The fourth-order valence-corrected chi connectivity index (χ4v) is 3.51. The van der Waals surface area contributed by atoms with Crippen molar-refractivity contribution in [1.82, 2.24) is 19.9 Å². The summed E-state index contributed by atoms with van der Waals surface area (Å²) in [6, 6.07) is 1.31. The number of ether oxygens (including phenoxy) is 1. The number of imide groups is 1. The summed E-state index contributed by atoms with van der Waals surface area (Å²) in [5.74, 6) is 0.888. The van der Waals surface area contributed by atoms with E-state index in [0.717, 1.165) is 31.5 Å². The van der Waals surface area contributed by atoms with E-state index in [0.29, 0.717) is 35.4 Å². The standard InChI is InChI=1S/C21H25N7O4/c1-32-15-4-2-3-12(19(15)30)10-23-16-9-17(25-14-6-7-14)28-20(26-16)13(11-24-28)5-8-18(29)27-21(22)31/h4-5,8-9,11-12,14,25H,2-3,6-7,10H2,1H3,(H,23,26)(H3,22,27,29,31). The Kier molecular flexibility index (Phi) is 6.06. The smallest absolute Gasteiger partial charge is 0.319 e. The summed E-state index contributed by atoms with van der Waals surface area (Å²) in [5.41, 5.74) is 6.07. The van der Waals surface area contributed by atoms with E-state index in [1.165, 1.54) is 19.3 Å². The molecule has 1 unspecified atom stereocenters. The number of Topliss-reactive ketones (excluding diaryl/α,β-unsaturated/α-hetero) is 1. The number of carbonyl (C=O) groups excluding carboxylic acids is 3. The van der Waals surface area contributed by atoms with Crippen molar-refractivity contribution in [3.05, 3.63) is 35.7 Å². The maximum atomic E-state index is 12.5. The van der Waals surface area contributed by atoms with E-state index in [9.17, 15) is 14.4 Å². The van der Waals surface area contributed by atoms with Crippen molar-refractivity contribution in [3.8, 4) is 0 Å². The van der Waals surface area contributed by atoms with Crippen molar-refractivity contribution in [2.24, 2.45) is 11.7 Å². The van der Waals surface area contributed by atoms with Gasteiger partial charge in [-0.05, 0) is 37.8 Å². The molecule has 0 bridgehead atoms. The van der Waals surface area contributed by atoms with Gasteiger partial charge in [0.05, 0.1) is 13.3 Å². The number of rotatable bonds is 8. The Morgan fingerprint density at radius 2 is 2.16 bits per heavy atom. The molecule has 3 amide bonds. The molecule has 1 fully saturated rings. The average molecular weight is 439 g/mol. The number of fused-ring (bicyclic) bond motifs is 1. The molecule has 32 heavy (non-hydrogen) atoms. The Bertz CT molecular complexity index is 1120. The molecule has 1 saturated carbocycles. The van der Waals surface area contributed by atoms with Crippen LogP contribution in [0.25, 0.3) is 11.7 Å². The second-order valence-electron chi connectivity index (χ2n) is 7.76. The van der Waals surface area contributed by atoms with Gasteiger partial charge in [-0.25, -0.2) is 9.78 Å². The highest BCUT2D eigenvalue weighted by Gasteiger charge is 2.27. The van der Waals surface area contributed by atoms with Crippen LogP contribution in [0, 0.1) is 5.92 Å². The first-order valence-corrected chi connectivity index (χ1v) is 10.4. The number of nitrogens with one attached hydrogen (secondary N) is 3. The van der Waals surface area contributed by atoms with Gasteiger partial charge >= 0.3 is 6.03 Å². The van der Waals surface area contributed by atoms with E-state index in [-0.39, 0.29) is 11.7 Å². The van der Waals surface area contributed by atoms with Crippen LogP contribution >= 0.6 is 0 Å². The second kappa shape index (κ2) is 9.08. The number of nitrogens with zero attached hydrogens (tertiary/aromatic N) is 3. The Hall–Kier alpha value is -3.89. The number of urea groups is 1. The number of ketones is 1. The van der Waals surface area contributed by atoms with Gasteiger partial charge in [0.1, 0.15) is 11.6 Å². The van der Waals surface area contributed by atoms with E-state index < -0.39 is 11.9 Å². The number of primary amides is 1. The van der Waals surface area contributed by atoms with Crippen LogP contribution in [0.1, 0.15) is 31.2 Å². The van der Waals surface area contributed by atoms with Crippen LogP contribution < -0.4 is 21.7 Å². The Balaban J connectivity index is 1.57. The van der Waals surface area contributed by atoms with Crippen LogP contribution in [0.3, 0.4) is 0 Å². The van der Waals surface area contributed by atoms with E-state index in [4.69, 9.17) is 10.5 Å². The van der Waals surface area contributed by atoms with Gasteiger partial charge in [0, 0.05) is 36.2 Å². The predicted octanol–water partition coefficient (Wildman–Crippen LogP) is 1.43. The van der Waals surface area contributed by atoms with Gasteiger partial charge in [-0.3, -0.25) is 14.9 Å². The van der Waals surface area contributed by atoms with Crippen LogP contribution in [-0.4, -0.2) is 52.0 Å². The number of amides is 3. The summed E-state index contributed by atoms with van der Waals surface area (Å²) >= 11 is 0. The zero-order valence-corrected chi connectivity index (χ0v) is 17.6. The minimum absolute atomic E-state index is 0.0166. The second-order valence-corrected chi connectivity index (χ2v) is 7.76. The van der Waals surface area contributed by atoms with Crippen molar-refractivity contribution in [1.29, 1.82) is 0 Å². The summed E-state index contributed by atoms with van der Waals surface area (Å²) < 4.78 is 6.83. The SMILES string of the molecule is COC1=CCCC(CNc2cc(NC3CC3)n3ncc(C=CC(=O)NC(N)=O)c3n2)C1=O. The predicted molar refractivity (Wildman–Crippen MR) is 118 cm³/mol. The van der Waals surface area contributed by atoms with Gasteiger partial charge in [0.2, 0.25) is 5.78 Å². The van der Waals surface area contributed by atoms with Gasteiger partial charge in [0.25, 0.3) is 5.91 Å². The van der Waals surface area contributed by atoms with Crippen molar-refractivity contribution in [2.75, 3.05) is 24.3 Å². The van der Waals surface area contributed by atoms with E-state index in [2.05, 4.69) is 20.7 Å². The number of methoxy groups -OCH3 is 1. The molecule has 0 aromatic carbocycles. The molecule has 5 N–H and O–H groups in total. The normalized spacial score (nSPS) is 18.5. The van der Waals surface area contributed by atoms with E-state index in [1.54, 1.807) is 10.7 Å². The molecular weight excluding hydrogens is 414 g/mol. The lowest BCUT2D eigenvalue weighted by molar-refractivity contribution is -0.122. The highest BCUT2D eigenvalue weighted by Crippen LogP contribution is 2.28. The maximum absolute atomic E-state index is 12.5. The number of hydrogen-bond donors (Lipinski definition) is 4. The summed E-state index contributed by atoms with van der Waals surface area (Å²) in [7, 11) is 1.50. The molecule has 2 aromatic rings. The molecule has 2 aliphatic carbocycles. The third-order valence-corrected chi connectivity index (χ3v) is 5.30. The minimum atomic E-state index is -0.927. The lowest BCUT2D eigenvalue weighted by atomic mass is 9.91. The summed E-state index contributed by atoms with van der Waals surface area (Å²) in [4.78, 5) is 39.7. The maximum Gasteiger partial charge on any atom is 0.319 e. The van der Waals surface area contributed by atoms with Gasteiger partial charge in [-0.1, -0.05) is 0 Å². The lowest BCUT2D eigenvalue weighted by Gasteiger charge is -2.21. The zero-order chi connectivity index (χ0) is 22.7. The van der Waals surface area contributed by atoms with Gasteiger partial charge in [0.15, 0.2) is 11.4 Å². The molecule has 1 atom stereocenters. The third-order valence-electron chi connectivity index (χ3n) is 5.30. The molecule has 0 aliphatic heterocycles. The third kappa shape index (κ3) is 4.88. The molecule has 11 nitrogen and oxygen atoms in total. The van der Waals surface area contributed by atoms with Gasteiger partial charge in [-0.2, -0.15) is 9.61 Å². The number of hydrogen-bond acceptors (Lipinski definition) is 8. The molecule has 11 heteroatoms. The van der Waals surface area contributed by atoms with Crippen molar-refractivity contribution in [2.45, 2.75) is 31.7 Å². The van der Waals surface area contributed by atoms with Crippen LogP contribution in [0.4, 0.5) is 16.4 Å². The van der Waals surface area contributed by atoms with Crippen LogP contribution in [0.2, 0.25) is 0 Å². The monoisotopic (exact) mass is 439 g/mol. The molecule has 0 saturated heterocycles. The first kappa shape index (κ1) is 21.3. The van der Waals surface area contributed by atoms with Crippen molar-refractivity contribution < 1.29 is 19.1 Å². The van der Waals surface area contributed by atoms with Gasteiger partial charge < -0.3 is 21.1 Å². The molecule has 0 spiro atoms. The van der Waals surface area contributed by atoms with Crippen molar-refractivity contribution in [3.63, 3.8) is 0 Å². The molecule has 168 valence electrons. The highest BCUT2D eigenvalue weighted by atomic mass is 16.5. The van der Waals surface area contributed by atoms with Crippen LogP contribution in [0.15, 0.2) is 30.2 Å². The molecule has 2 aromatic heterocycles. The van der Waals surface area contributed by atoms with E-state index in [1.807, 2.05) is 17.5 Å². The Morgan fingerprint density at radius 1 is 1.34 bits per heavy atom. The zero-order valence-electron chi connectivity index (χ0n) is 17.6. The summed E-state index contributed by atoms with van der Waals surface area (Å²) in [5, 5.41) is 13.0. The minimum Gasteiger partial charge on any atom is -0.493 e. The number of carbonyl (C=O) groups is 3. The Morgan fingerprint density at radius 3 is 2.88 bits per heavy atom. The first-order valence-electron chi connectivity index (χ1n) is 10.4. The number of aromatic nitrogens is 3. The van der Waals surface area contributed by atoms with Gasteiger partial charge in [-0.15, -0.1) is 0 Å². The largest absolute Gasteiger partial charge is 0.493 e. The molecule has 2 heterocycles. The van der Waals surface area contributed by atoms with Crippen LogP contribution in [-0.2, 0) is 14.3 Å². The molecule has 0 radical (unpaired) electrons. The summed E-state index contributed by atoms with van der Waals surface area (Å²) in [6.45, 7) is 0.423. The number of nitrogens with two attached hydrogens (primary N) is 1. The fraction of sp³-hybridized carbons (Fsp3) is 0.381. The Labute approximate surface area is 184 Å². The topological polar surface area (TPSA) is 153 Å². The number of allylic oxidation sites excluding steroid dienone is 2.